The first-order valence-corrected chi connectivity index (χ1v) is 17.6. The number of hydrogen-bond acceptors (Lipinski definition) is 3. The summed E-state index contributed by atoms with van der Waals surface area (Å²) in [6.45, 7) is 0. The lowest BCUT2D eigenvalue weighted by Gasteiger charge is -2.17. The van der Waals surface area contributed by atoms with Crippen LogP contribution in [0.3, 0.4) is 0 Å². The van der Waals surface area contributed by atoms with Gasteiger partial charge < -0.3 is 0 Å². The molecular weight excluding hydrogens is 631 g/mol. The van der Waals surface area contributed by atoms with Crippen molar-refractivity contribution < 1.29 is 0 Å². The lowest BCUT2D eigenvalue weighted by molar-refractivity contribution is 1.28. The second kappa shape index (κ2) is 12.4. The fourth-order valence-electron chi connectivity index (χ4n) is 7.61. The quantitative estimate of drug-likeness (QED) is 0.172. The highest BCUT2D eigenvalue weighted by Crippen LogP contribution is 2.42. The number of hydrogen-bond donors (Lipinski definition) is 0. The third-order valence-corrected chi connectivity index (χ3v) is 10.1. The minimum absolute atomic E-state index is 0.909. The van der Waals surface area contributed by atoms with E-state index in [0.717, 1.165) is 66.8 Å². The Hall–Kier alpha value is -6.97. The van der Waals surface area contributed by atoms with Crippen LogP contribution in [0.25, 0.3) is 99.2 Å². The first-order valence-electron chi connectivity index (χ1n) is 17.6. The summed E-state index contributed by atoms with van der Waals surface area (Å²) in [5.41, 5.74) is 11.7. The predicted molar refractivity (Wildman–Crippen MR) is 217 cm³/mol. The molecule has 0 atom stereocenters. The molecule has 52 heavy (non-hydrogen) atoms. The molecule has 0 unspecified atom stereocenters. The van der Waals surface area contributed by atoms with Gasteiger partial charge in [-0.15, -0.1) is 0 Å². The van der Waals surface area contributed by atoms with Crippen molar-refractivity contribution in [1.82, 2.24) is 15.0 Å². The molecule has 10 rings (SSSR count). The van der Waals surface area contributed by atoms with Gasteiger partial charge in [0.15, 0.2) is 0 Å². The van der Waals surface area contributed by atoms with Crippen LogP contribution in [-0.4, -0.2) is 15.0 Å². The molecule has 0 fully saturated rings. The van der Waals surface area contributed by atoms with Crippen LogP contribution in [0.4, 0.5) is 0 Å². The normalized spacial score (nSPS) is 11.5. The van der Waals surface area contributed by atoms with Crippen molar-refractivity contribution in [3.63, 3.8) is 0 Å². The number of para-hydroxylation sites is 1. The molecule has 0 N–H and O–H groups in total. The Morgan fingerprint density at radius 1 is 0.346 bits per heavy atom. The van der Waals surface area contributed by atoms with E-state index in [0.29, 0.717) is 0 Å². The van der Waals surface area contributed by atoms with Gasteiger partial charge in [-0.05, 0) is 98.4 Å². The van der Waals surface area contributed by atoms with Crippen molar-refractivity contribution in [3.05, 3.63) is 188 Å². The lowest BCUT2D eigenvalue weighted by Crippen LogP contribution is -1.93. The van der Waals surface area contributed by atoms with E-state index in [9.17, 15) is 0 Å². The summed E-state index contributed by atoms with van der Waals surface area (Å²) in [6.07, 6.45) is 3.64. The molecule has 0 bridgehead atoms. The molecule has 3 aromatic heterocycles. The molecule has 0 radical (unpaired) electrons. The van der Waals surface area contributed by atoms with Crippen LogP contribution in [0.5, 0.6) is 0 Å². The maximum Gasteiger partial charge on any atom is 0.0788 e. The Bertz CT molecular complexity index is 2970. The summed E-state index contributed by atoms with van der Waals surface area (Å²) in [5.74, 6) is 0. The van der Waals surface area contributed by atoms with E-state index >= 15 is 0 Å². The highest BCUT2D eigenvalue weighted by atomic mass is 14.7. The number of pyridine rings is 3. The molecule has 3 nitrogen and oxygen atoms in total. The van der Waals surface area contributed by atoms with Gasteiger partial charge in [0, 0.05) is 45.2 Å². The average molecular weight is 662 g/mol. The van der Waals surface area contributed by atoms with Gasteiger partial charge in [0.05, 0.1) is 22.6 Å². The van der Waals surface area contributed by atoms with Crippen molar-refractivity contribution >= 4 is 43.2 Å². The highest BCUT2D eigenvalue weighted by molar-refractivity contribution is 6.25. The first kappa shape index (κ1) is 29.9. The summed E-state index contributed by atoms with van der Waals surface area (Å²) in [7, 11) is 0. The van der Waals surface area contributed by atoms with Gasteiger partial charge in [-0.25, -0.2) is 9.97 Å². The first-order chi connectivity index (χ1) is 25.8. The highest BCUT2D eigenvalue weighted by Gasteiger charge is 2.17. The Balaban J connectivity index is 1.15. The molecule has 0 spiro atoms. The van der Waals surface area contributed by atoms with E-state index in [1.807, 2.05) is 24.4 Å². The zero-order valence-electron chi connectivity index (χ0n) is 28.2. The zero-order chi connectivity index (χ0) is 34.4. The standard InChI is InChI=1S/C49H31N3/c1-2-12-33-29-38(25-24-32(33)11-1)49-44-30-43(40-18-3-4-19-41(40)48(44)42-20-5-6-21-47(42)52-49)36-15-7-13-34(27-36)35-14-8-16-37(28-35)45-22-9-23-46(51-45)39-17-10-26-50-31-39/h1-31H. The molecule has 3 heterocycles. The molecule has 10 aromatic rings. The summed E-state index contributed by atoms with van der Waals surface area (Å²) < 4.78 is 0. The molecule has 0 aliphatic rings. The van der Waals surface area contributed by atoms with Crippen LogP contribution in [-0.2, 0) is 0 Å². The summed E-state index contributed by atoms with van der Waals surface area (Å²) in [4.78, 5) is 14.6. The van der Waals surface area contributed by atoms with Crippen molar-refractivity contribution in [2.24, 2.45) is 0 Å². The van der Waals surface area contributed by atoms with Gasteiger partial charge in [0.1, 0.15) is 0 Å². The molecule has 0 saturated heterocycles. The maximum absolute atomic E-state index is 5.34. The van der Waals surface area contributed by atoms with Crippen molar-refractivity contribution in [3.8, 4) is 56.0 Å². The van der Waals surface area contributed by atoms with E-state index in [4.69, 9.17) is 9.97 Å². The van der Waals surface area contributed by atoms with Crippen LogP contribution < -0.4 is 0 Å². The molecule has 7 aromatic carbocycles. The van der Waals surface area contributed by atoms with Crippen LogP contribution >= 0.6 is 0 Å². The minimum atomic E-state index is 0.909. The summed E-state index contributed by atoms with van der Waals surface area (Å²) in [5, 5.41) is 8.42. The Morgan fingerprint density at radius 2 is 1.00 bits per heavy atom. The molecule has 3 heteroatoms. The smallest absolute Gasteiger partial charge is 0.0788 e. The summed E-state index contributed by atoms with van der Waals surface area (Å²) >= 11 is 0. The largest absolute Gasteiger partial charge is 0.264 e. The Labute approximate surface area is 301 Å². The maximum atomic E-state index is 5.34. The molecule has 0 aliphatic heterocycles. The predicted octanol–water partition coefficient (Wildman–Crippen LogP) is 12.8. The van der Waals surface area contributed by atoms with Gasteiger partial charge in [-0.3, -0.25) is 4.98 Å². The number of aromatic nitrogens is 3. The molecule has 242 valence electrons. The number of fused-ring (bicyclic) bond motifs is 6. The molecular formula is C49H31N3. The number of benzene rings is 7. The minimum Gasteiger partial charge on any atom is -0.264 e. The second-order valence-electron chi connectivity index (χ2n) is 13.2. The monoisotopic (exact) mass is 661 g/mol. The van der Waals surface area contributed by atoms with E-state index in [-0.39, 0.29) is 0 Å². The van der Waals surface area contributed by atoms with E-state index in [1.165, 1.54) is 32.5 Å². The van der Waals surface area contributed by atoms with Crippen LogP contribution in [0.1, 0.15) is 0 Å². The Morgan fingerprint density at radius 3 is 1.83 bits per heavy atom. The third-order valence-electron chi connectivity index (χ3n) is 10.1. The van der Waals surface area contributed by atoms with Crippen LogP contribution in [0.15, 0.2) is 188 Å². The van der Waals surface area contributed by atoms with Gasteiger partial charge in [-0.2, -0.15) is 0 Å². The van der Waals surface area contributed by atoms with Crippen molar-refractivity contribution in [1.29, 1.82) is 0 Å². The fourth-order valence-corrected chi connectivity index (χ4v) is 7.61. The Kier molecular flexibility index (Phi) is 7.14. The van der Waals surface area contributed by atoms with Gasteiger partial charge in [0.2, 0.25) is 0 Å². The van der Waals surface area contributed by atoms with Gasteiger partial charge >= 0.3 is 0 Å². The zero-order valence-corrected chi connectivity index (χ0v) is 28.2. The molecule has 0 aliphatic carbocycles. The third kappa shape index (κ3) is 5.19. The van der Waals surface area contributed by atoms with E-state index < -0.39 is 0 Å². The second-order valence-corrected chi connectivity index (χ2v) is 13.2. The average Bonchev–Trinajstić information content (AvgIpc) is 3.23. The topological polar surface area (TPSA) is 38.7 Å². The van der Waals surface area contributed by atoms with Crippen molar-refractivity contribution in [2.75, 3.05) is 0 Å². The number of nitrogens with zero attached hydrogens (tertiary/aromatic N) is 3. The fraction of sp³-hybridized carbons (Fsp3) is 0. The SMILES string of the molecule is c1cncc(-c2cccc(-c3cccc(-c4cccc(-c5cc6c(-c7ccc8ccccc8c7)nc7ccccc7c6c6ccccc56)c4)c3)n2)c1. The van der Waals surface area contributed by atoms with Crippen LogP contribution in [0, 0.1) is 0 Å². The lowest BCUT2D eigenvalue weighted by atomic mass is 9.89. The van der Waals surface area contributed by atoms with Gasteiger partial charge in [-0.1, -0.05) is 121 Å². The van der Waals surface area contributed by atoms with E-state index in [2.05, 4.69) is 163 Å². The summed E-state index contributed by atoms with van der Waals surface area (Å²) in [6, 6.07) is 62.6. The van der Waals surface area contributed by atoms with E-state index in [1.54, 1.807) is 6.20 Å². The van der Waals surface area contributed by atoms with Gasteiger partial charge in [0.25, 0.3) is 0 Å². The van der Waals surface area contributed by atoms with Crippen LogP contribution in [0.2, 0.25) is 0 Å². The molecule has 0 amide bonds. The van der Waals surface area contributed by atoms with Crippen molar-refractivity contribution in [2.45, 2.75) is 0 Å². The molecule has 0 saturated carbocycles. The number of rotatable bonds is 5.